The van der Waals surface area contributed by atoms with Gasteiger partial charge in [-0.25, -0.2) is 0 Å². The van der Waals surface area contributed by atoms with Gasteiger partial charge in [-0.3, -0.25) is 0 Å². The van der Waals surface area contributed by atoms with Crippen LogP contribution in [0.3, 0.4) is 0 Å². The molecule has 0 saturated carbocycles. The fourth-order valence-corrected chi connectivity index (χ4v) is 17.7. The van der Waals surface area contributed by atoms with Crippen molar-refractivity contribution in [3.8, 4) is 5.75 Å². The Balaban J connectivity index is 1.36. The van der Waals surface area contributed by atoms with Crippen molar-refractivity contribution in [3.63, 3.8) is 0 Å². The number of ether oxygens (including phenoxy) is 2. The molecule has 0 spiro atoms. The Morgan fingerprint density at radius 3 is 1.60 bits per heavy atom. The van der Waals surface area contributed by atoms with Gasteiger partial charge in [-0.05, 0) is 0 Å². The molecule has 0 aliphatic rings. The Bertz CT molecular complexity index is 1020. The predicted molar refractivity (Wildman–Crippen MR) is 147 cm³/mol. The third-order valence-electron chi connectivity index (χ3n) is 5.95. The second-order valence-corrected chi connectivity index (χ2v) is 18.8. The van der Waals surface area contributed by atoms with E-state index in [4.69, 9.17) is 9.47 Å². The second kappa shape index (κ2) is 13.8. The standard InChI is InChI=1S/C31H34IO2P/c1-33-28-22-20-27(21-23-28)26-34-25-13-5-12-24-32-35(29-14-6-2-7-15-29,30-16-8-3-9-17-30)31-18-10-4-11-19-31/h2-4,6-11,14-23H,5,12-13,24-26H2,1H3. The van der Waals surface area contributed by atoms with Crippen molar-refractivity contribution in [2.24, 2.45) is 0 Å². The van der Waals surface area contributed by atoms with Gasteiger partial charge in [0.05, 0.1) is 7.11 Å². The molecular formula is C31H34IO2P. The van der Waals surface area contributed by atoms with Gasteiger partial charge in [0.15, 0.2) is 0 Å². The first kappa shape index (κ1) is 25.9. The van der Waals surface area contributed by atoms with E-state index in [2.05, 4.69) is 103 Å². The van der Waals surface area contributed by atoms with E-state index in [0.29, 0.717) is 6.61 Å². The van der Waals surface area contributed by atoms with Crippen molar-refractivity contribution in [1.29, 1.82) is 0 Å². The first-order chi connectivity index (χ1) is 17.3. The van der Waals surface area contributed by atoms with Crippen LogP contribution in [0.25, 0.3) is 0 Å². The number of hydrogen-bond donors (Lipinski definition) is 0. The van der Waals surface area contributed by atoms with E-state index >= 15 is 0 Å². The topological polar surface area (TPSA) is 18.5 Å². The Morgan fingerprint density at radius 1 is 0.600 bits per heavy atom. The van der Waals surface area contributed by atoms with Crippen LogP contribution in [-0.4, -0.2) is 18.1 Å². The summed E-state index contributed by atoms with van der Waals surface area (Å²) in [7, 11) is 1.69. The van der Waals surface area contributed by atoms with Gasteiger partial charge in [0.2, 0.25) is 0 Å². The van der Waals surface area contributed by atoms with E-state index in [0.717, 1.165) is 18.8 Å². The minimum atomic E-state index is -1.59. The van der Waals surface area contributed by atoms with Crippen LogP contribution in [0.5, 0.6) is 5.75 Å². The van der Waals surface area contributed by atoms with E-state index in [9.17, 15) is 0 Å². The van der Waals surface area contributed by atoms with Crippen LogP contribution in [0.1, 0.15) is 24.8 Å². The first-order valence-corrected chi connectivity index (χ1v) is 18.3. The quantitative estimate of drug-likeness (QED) is 0.102. The van der Waals surface area contributed by atoms with E-state index < -0.39 is 4.90 Å². The zero-order chi connectivity index (χ0) is 24.2. The molecule has 35 heavy (non-hydrogen) atoms. The van der Waals surface area contributed by atoms with E-state index in [1.54, 1.807) is 7.11 Å². The van der Waals surface area contributed by atoms with Gasteiger partial charge in [0.25, 0.3) is 0 Å². The molecule has 0 aliphatic heterocycles. The Labute approximate surface area is 220 Å². The molecule has 0 fully saturated rings. The number of unbranched alkanes of at least 4 members (excludes halogenated alkanes) is 2. The summed E-state index contributed by atoms with van der Waals surface area (Å²) in [6.45, 7) is 1.49. The van der Waals surface area contributed by atoms with Crippen molar-refractivity contribution in [1.82, 2.24) is 0 Å². The van der Waals surface area contributed by atoms with Crippen LogP contribution in [0, 0.1) is 0 Å². The number of halogens is 1. The van der Waals surface area contributed by atoms with Gasteiger partial charge in [0, 0.05) is 0 Å². The van der Waals surface area contributed by atoms with Crippen LogP contribution in [0.4, 0.5) is 0 Å². The molecule has 0 N–H and O–H groups in total. The van der Waals surface area contributed by atoms with Crippen LogP contribution in [-0.2, 0) is 11.3 Å². The van der Waals surface area contributed by atoms with Crippen LogP contribution in [0.15, 0.2) is 115 Å². The summed E-state index contributed by atoms with van der Waals surface area (Å²) in [5.41, 5.74) is 1.19. The fourth-order valence-electron chi connectivity index (χ4n) is 4.13. The molecule has 0 radical (unpaired) electrons. The van der Waals surface area contributed by atoms with Crippen LogP contribution < -0.4 is 41.3 Å². The molecule has 0 saturated heterocycles. The van der Waals surface area contributed by atoms with Gasteiger partial charge < -0.3 is 0 Å². The predicted octanol–water partition coefficient (Wildman–Crippen LogP) is 3.38. The van der Waals surface area contributed by atoms with Crippen molar-refractivity contribution < 1.29 is 30.1 Å². The third kappa shape index (κ3) is 6.94. The van der Waals surface area contributed by atoms with E-state index in [1.807, 2.05) is 12.1 Å². The summed E-state index contributed by atoms with van der Waals surface area (Å²) in [6.07, 6.45) is 3.61. The number of rotatable bonds is 13. The molecule has 0 unspecified atom stereocenters. The molecule has 0 amide bonds. The summed E-state index contributed by atoms with van der Waals surface area (Å²) >= 11 is -0.0732. The molecule has 4 aromatic carbocycles. The number of benzene rings is 4. The Hall–Kier alpha value is -2.20. The summed E-state index contributed by atoms with van der Waals surface area (Å²) < 4.78 is 12.5. The summed E-state index contributed by atoms with van der Waals surface area (Å²) in [6, 6.07) is 42.0. The minimum absolute atomic E-state index is 0.0732. The molecule has 4 heteroatoms. The molecule has 0 aliphatic carbocycles. The summed E-state index contributed by atoms with van der Waals surface area (Å²) in [5.74, 6) is 0.887. The number of hydrogen-bond acceptors (Lipinski definition) is 2. The third-order valence-corrected chi connectivity index (χ3v) is 19.8. The van der Waals surface area contributed by atoms with Gasteiger partial charge in [-0.1, -0.05) is 0 Å². The second-order valence-electron chi connectivity index (χ2n) is 8.37. The summed E-state index contributed by atoms with van der Waals surface area (Å²) in [5, 5.41) is 4.56. The molecule has 182 valence electrons. The van der Waals surface area contributed by atoms with Gasteiger partial charge >= 0.3 is 214 Å². The van der Waals surface area contributed by atoms with Crippen LogP contribution >= 0.6 is 4.90 Å². The van der Waals surface area contributed by atoms with Gasteiger partial charge in [-0.2, -0.15) is 0 Å². The van der Waals surface area contributed by atoms with E-state index in [1.165, 1.54) is 38.7 Å². The molecule has 2 nitrogen and oxygen atoms in total. The monoisotopic (exact) mass is 596 g/mol. The van der Waals surface area contributed by atoms with Crippen molar-refractivity contribution in [3.05, 3.63) is 121 Å². The fraction of sp³-hybridized carbons (Fsp3) is 0.226. The number of alkyl halides is 1. The molecule has 0 bridgehead atoms. The molecule has 0 heterocycles. The average molecular weight is 596 g/mol. The Morgan fingerprint density at radius 2 is 1.11 bits per heavy atom. The molecular weight excluding hydrogens is 562 g/mol. The molecule has 0 atom stereocenters. The van der Waals surface area contributed by atoms with Crippen molar-refractivity contribution in [2.75, 3.05) is 18.1 Å². The van der Waals surface area contributed by atoms with Crippen molar-refractivity contribution >= 4 is 20.8 Å². The first-order valence-electron chi connectivity index (χ1n) is 12.2. The number of methoxy groups -OCH3 is 1. The molecule has 4 aromatic rings. The molecule has 0 aromatic heterocycles. The summed E-state index contributed by atoms with van der Waals surface area (Å²) in [4.78, 5) is -1.59. The Kier molecular flexibility index (Phi) is 10.2. The maximum atomic E-state index is 5.92. The average Bonchev–Trinajstić information content (AvgIpc) is 2.94. The van der Waals surface area contributed by atoms with Gasteiger partial charge in [0.1, 0.15) is 0 Å². The SMILES string of the molecule is COc1ccc(COCCCCC[I-][P+](c2ccccc2)(c2ccccc2)c2ccccc2)cc1. The zero-order valence-electron chi connectivity index (χ0n) is 20.4. The normalized spacial score (nSPS) is 11.5. The van der Waals surface area contributed by atoms with Crippen LogP contribution in [0.2, 0.25) is 0 Å². The van der Waals surface area contributed by atoms with Crippen molar-refractivity contribution in [2.45, 2.75) is 25.9 Å². The van der Waals surface area contributed by atoms with Gasteiger partial charge in [-0.15, -0.1) is 0 Å². The molecule has 4 rings (SSSR count). The maximum absolute atomic E-state index is 5.92. The van der Waals surface area contributed by atoms with E-state index in [-0.39, 0.29) is 20.7 Å². The zero-order valence-corrected chi connectivity index (χ0v) is 23.4.